The van der Waals surface area contributed by atoms with Crippen LogP contribution in [0.25, 0.3) is 0 Å². The van der Waals surface area contributed by atoms with Gasteiger partial charge in [0, 0.05) is 11.6 Å². The smallest absolute Gasteiger partial charge is 0.265 e. The van der Waals surface area contributed by atoms with Gasteiger partial charge in [0.15, 0.2) is 0 Å². The van der Waals surface area contributed by atoms with E-state index < -0.39 is 16.0 Å². The summed E-state index contributed by atoms with van der Waals surface area (Å²) >= 11 is 0. The zero-order valence-electron chi connectivity index (χ0n) is 12.4. The van der Waals surface area contributed by atoms with Crippen molar-refractivity contribution in [1.82, 2.24) is 0 Å². The molecule has 0 aliphatic rings. The summed E-state index contributed by atoms with van der Waals surface area (Å²) in [5, 5.41) is 11.1. The van der Waals surface area contributed by atoms with Crippen molar-refractivity contribution in [2.45, 2.75) is 4.90 Å². The number of methoxy groups -OCH3 is 2. The van der Waals surface area contributed by atoms with E-state index in [-0.39, 0.29) is 21.9 Å². The van der Waals surface area contributed by atoms with E-state index in [1.54, 1.807) is 6.07 Å². The van der Waals surface area contributed by atoms with Crippen molar-refractivity contribution in [3.8, 4) is 11.5 Å². The van der Waals surface area contributed by atoms with Gasteiger partial charge in [0.25, 0.3) is 10.0 Å². The highest BCUT2D eigenvalue weighted by Gasteiger charge is 2.22. The summed E-state index contributed by atoms with van der Waals surface area (Å²) in [6.45, 7) is 0. The molecule has 7 nitrogen and oxygen atoms in total. The van der Waals surface area contributed by atoms with E-state index in [1.165, 1.54) is 50.6 Å². The van der Waals surface area contributed by atoms with Crippen LogP contribution in [0.1, 0.15) is 10.4 Å². The Labute approximate surface area is 133 Å². The van der Waals surface area contributed by atoms with E-state index >= 15 is 0 Å². The minimum Gasteiger partial charge on any atom is -0.545 e. The second-order valence-corrected chi connectivity index (χ2v) is 6.11. The maximum Gasteiger partial charge on any atom is 0.265 e. The molecule has 0 aliphatic heterocycles. The molecular formula is C15H14NO6S-. The number of anilines is 1. The normalized spacial score (nSPS) is 10.9. The number of aromatic carboxylic acids is 1. The number of rotatable bonds is 6. The lowest BCUT2D eigenvalue weighted by Crippen LogP contribution is -2.25. The number of carbonyl (C=O) groups is 1. The SMILES string of the molecule is COc1ccc(OC)c(S(=O)(=O)Nc2ccccc2C(=O)[O-])c1. The Bertz CT molecular complexity index is 832. The third kappa shape index (κ3) is 3.54. The molecule has 0 aliphatic carbocycles. The number of hydrogen-bond acceptors (Lipinski definition) is 6. The van der Waals surface area contributed by atoms with Crippen LogP contribution >= 0.6 is 0 Å². The van der Waals surface area contributed by atoms with Crippen LogP contribution in [0.15, 0.2) is 47.4 Å². The number of nitrogens with one attached hydrogen (secondary N) is 1. The van der Waals surface area contributed by atoms with Gasteiger partial charge < -0.3 is 19.4 Å². The number of ether oxygens (including phenoxy) is 2. The summed E-state index contributed by atoms with van der Waals surface area (Å²) in [5.41, 5.74) is -0.365. The molecule has 8 heteroatoms. The summed E-state index contributed by atoms with van der Waals surface area (Å²) in [6, 6.07) is 9.82. The lowest BCUT2D eigenvalue weighted by atomic mass is 10.2. The van der Waals surface area contributed by atoms with Gasteiger partial charge in [-0.25, -0.2) is 8.42 Å². The topological polar surface area (TPSA) is 105 Å². The Balaban J connectivity index is 2.50. The predicted molar refractivity (Wildman–Crippen MR) is 81.1 cm³/mol. The second-order valence-electron chi connectivity index (χ2n) is 4.46. The molecule has 0 heterocycles. The first-order chi connectivity index (χ1) is 10.9. The van der Waals surface area contributed by atoms with Gasteiger partial charge in [-0.15, -0.1) is 0 Å². The molecule has 1 N–H and O–H groups in total. The molecule has 0 spiro atoms. The van der Waals surface area contributed by atoms with Gasteiger partial charge >= 0.3 is 0 Å². The van der Waals surface area contributed by atoms with Gasteiger partial charge in [0.2, 0.25) is 0 Å². The van der Waals surface area contributed by atoms with Crippen LogP contribution in [0.5, 0.6) is 11.5 Å². The maximum atomic E-state index is 12.6. The van der Waals surface area contributed by atoms with Crippen molar-refractivity contribution in [3.63, 3.8) is 0 Å². The van der Waals surface area contributed by atoms with Crippen LogP contribution in [-0.4, -0.2) is 28.6 Å². The van der Waals surface area contributed by atoms with Gasteiger partial charge in [-0.3, -0.25) is 4.72 Å². The Hall–Kier alpha value is -2.74. The number of para-hydroxylation sites is 1. The Morgan fingerprint density at radius 1 is 1.09 bits per heavy atom. The molecule has 0 fully saturated rings. The monoisotopic (exact) mass is 336 g/mol. The predicted octanol–water partition coefficient (Wildman–Crippen LogP) is 0.868. The van der Waals surface area contributed by atoms with Crippen molar-refractivity contribution < 1.29 is 27.8 Å². The maximum absolute atomic E-state index is 12.6. The van der Waals surface area contributed by atoms with Crippen molar-refractivity contribution in [1.29, 1.82) is 0 Å². The fourth-order valence-corrected chi connectivity index (χ4v) is 3.21. The van der Waals surface area contributed by atoms with Crippen LogP contribution < -0.4 is 19.3 Å². The fraction of sp³-hybridized carbons (Fsp3) is 0.133. The van der Waals surface area contributed by atoms with E-state index in [1.807, 2.05) is 0 Å². The van der Waals surface area contributed by atoms with E-state index in [2.05, 4.69) is 4.72 Å². The van der Waals surface area contributed by atoms with E-state index in [0.717, 1.165) is 0 Å². The van der Waals surface area contributed by atoms with E-state index in [9.17, 15) is 18.3 Å². The zero-order chi connectivity index (χ0) is 17.0. The average Bonchev–Trinajstić information content (AvgIpc) is 2.54. The summed E-state index contributed by atoms with van der Waals surface area (Å²) in [5.74, 6) is -1.07. The first-order valence-electron chi connectivity index (χ1n) is 6.44. The molecular weight excluding hydrogens is 322 g/mol. The highest BCUT2D eigenvalue weighted by Crippen LogP contribution is 2.30. The molecule has 23 heavy (non-hydrogen) atoms. The van der Waals surface area contributed by atoms with Crippen molar-refractivity contribution in [2.75, 3.05) is 18.9 Å². The fourth-order valence-electron chi connectivity index (χ4n) is 1.94. The first kappa shape index (κ1) is 16.6. The molecule has 0 bridgehead atoms. The summed E-state index contributed by atoms with van der Waals surface area (Å²) in [6.07, 6.45) is 0. The molecule has 0 aromatic heterocycles. The highest BCUT2D eigenvalue weighted by molar-refractivity contribution is 7.92. The third-order valence-corrected chi connectivity index (χ3v) is 4.44. The van der Waals surface area contributed by atoms with Crippen LogP contribution in [0.2, 0.25) is 0 Å². The number of carboxylic acids is 1. The molecule has 2 aromatic carbocycles. The largest absolute Gasteiger partial charge is 0.545 e. The quantitative estimate of drug-likeness (QED) is 0.839. The lowest BCUT2D eigenvalue weighted by Gasteiger charge is -2.15. The number of benzene rings is 2. The van der Waals surface area contributed by atoms with E-state index in [4.69, 9.17) is 9.47 Å². The van der Waals surface area contributed by atoms with Gasteiger partial charge in [-0.2, -0.15) is 0 Å². The first-order valence-corrected chi connectivity index (χ1v) is 7.92. The van der Waals surface area contributed by atoms with Crippen LogP contribution in [-0.2, 0) is 10.0 Å². The van der Waals surface area contributed by atoms with Crippen molar-refractivity contribution in [2.24, 2.45) is 0 Å². The number of sulfonamides is 1. The minimum atomic E-state index is -4.09. The zero-order valence-corrected chi connectivity index (χ0v) is 13.2. The Kier molecular flexibility index (Phi) is 4.75. The Morgan fingerprint density at radius 2 is 1.78 bits per heavy atom. The molecule has 122 valence electrons. The molecule has 2 aromatic rings. The minimum absolute atomic E-state index is 0.0997. The van der Waals surface area contributed by atoms with E-state index in [0.29, 0.717) is 5.75 Å². The summed E-state index contributed by atoms with van der Waals surface area (Å²) in [7, 11) is -1.36. The lowest BCUT2D eigenvalue weighted by molar-refractivity contribution is -0.254. The third-order valence-electron chi connectivity index (χ3n) is 3.05. The number of carboxylic acid groups (broad SMARTS) is 1. The molecule has 0 atom stereocenters. The Morgan fingerprint density at radius 3 is 2.39 bits per heavy atom. The number of carbonyl (C=O) groups excluding carboxylic acids is 1. The molecule has 0 unspecified atom stereocenters. The molecule has 0 saturated carbocycles. The van der Waals surface area contributed by atoms with Crippen LogP contribution in [0, 0.1) is 0 Å². The summed E-state index contributed by atoms with van der Waals surface area (Å²) < 4.78 is 37.4. The number of hydrogen-bond donors (Lipinski definition) is 1. The van der Waals surface area contributed by atoms with Gasteiger partial charge in [-0.1, -0.05) is 18.2 Å². The standard InChI is InChI=1S/C15H15NO6S/c1-21-10-7-8-13(22-2)14(9-10)23(19,20)16-12-6-4-3-5-11(12)15(17)18/h3-9,16H,1-2H3,(H,17,18)/p-1. The van der Waals surface area contributed by atoms with Gasteiger partial charge in [0.05, 0.1) is 25.9 Å². The van der Waals surface area contributed by atoms with Crippen molar-refractivity contribution in [3.05, 3.63) is 48.0 Å². The van der Waals surface area contributed by atoms with Crippen LogP contribution in [0.3, 0.4) is 0 Å². The molecule has 2 rings (SSSR count). The van der Waals surface area contributed by atoms with Gasteiger partial charge in [0.1, 0.15) is 16.4 Å². The van der Waals surface area contributed by atoms with Crippen molar-refractivity contribution >= 4 is 21.7 Å². The molecule has 0 radical (unpaired) electrons. The van der Waals surface area contributed by atoms with Gasteiger partial charge in [-0.05, 0) is 18.2 Å². The summed E-state index contributed by atoms with van der Waals surface area (Å²) in [4.78, 5) is 10.9. The second kappa shape index (κ2) is 6.57. The highest BCUT2D eigenvalue weighted by atomic mass is 32.2. The molecule has 0 saturated heterocycles. The average molecular weight is 336 g/mol. The van der Waals surface area contributed by atoms with Crippen LogP contribution in [0.4, 0.5) is 5.69 Å². The molecule has 0 amide bonds.